The smallest absolute Gasteiger partial charge is 0.335 e. The fourth-order valence-corrected chi connectivity index (χ4v) is 1.65. The van der Waals surface area contributed by atoms with Crippen molar-refractivity contribution in [3.05, 3.63) is 47.5 Å². The molecule has 17 heavy (non-hydrogen) atoms. The van der Waals surface area contributed by atoms with Crippen molar-refractivity contribution in [2.75, 3.05) is 0 Å². The first-order valence-electron chi connectivity index (χ1n) is 5.96. The number of aryl methyl sites for hydroxylation is 1. The Labute approximate surface area is 102 Å². The summed E-state index contributed by atoms with van der Waals surface area (Å²) in [4.78, 5) is 10.8. The van der Waals surface area contributed by atoms with Crippen LogP contribution in [0.5, 0.6) is 0 Å². The van der Waals surface area contributed by atoms with Gasteiger partial charge in [-0.3, -0.25) is 0 Å². The molecule has 2 nitrogen and oxygen atoms in total. The van der Waals surface area contributed by atoms with Crippen molar-refractivity contribution < 1.29 is 9.90 Å². The lowest BCUT2D eigenvalue weighted by Gasteiger charge is -2.02. The third-order valence-electron chi connectivity index (χ3n) is 2.56. The van der Waals surface area contributed by atoms with E-state index >= 15 is 0 Å². The molecule has 0 bridgehead atoms. The van der Waals surface area contributed by atoms with Crippen LogP contribution in [0.4, 0.5) is 0 Å². The Morgan fingerprint density at radius 2 is 1.65 bits per heavy atom. The number of rotatable bonds is 2. The average molecular weight is 230 g/mol. The van der Waals surface area contributed by atoms with E-state index in [1.165, 1.54) is 5.56 Å². The van der Waals surface area contributed by atoms with Crippen LogP contribution in [-0.2, 0) is 6.42 Å². The van der Waals surface area contributed by atoms with Crippen LogP contribution >= 0.6 is 0 Å². The molecular formula is C15H18O2. The van der Waals surface area contributed by atoms with Crippen molar-refractivity contribution in [3.8, 4) is 0 Å². The highest BCUT2D eigenvalue weighted by molar-refractivity contribution is 5.94. The molecule has 0 atom stereocenters. The molecule has 0 fully saturated rings. The van der Waals surface area contributed by atoms with Crippen LogP contribution in [0, 0.1) is 0 Å². The Balaban J connectivity index is 0.000000686. The van der Waals surface area contributed by atoms with Crippen molar-refractivity contribution in [1.29, 1.82) is 0 Å². The maximum atomic E-state index is 10.8. The molecule has 0 amide bonds. The molecule has 90 valence electrons. The monoisotopic (exact) mass is 230 g/mol. The Kier molecular flexibility index (Phi) is 4.70. The van der Waals surface area contributed by atoms with Gasteiger partial charge in [-0.15, -0.1) is 0 Å². The fraction of sp³-hybridized carbons (Fsp3) is 0.267. The summed E-state index contributed by atoms with van der Waals surface area (Å²) < 4.78 is 0. The number of aromatic carboxylic acids is 1. The van der Waals surface area contributed by atoms with Crippen molar-refractivity contribution in [1.82, 2.24) is 0 Å². The minimum Gasteiger partial charge on any atom is -0.478 e. The maximum Gasteiger partial charge on any atom is 0.335 e. The van der Waals surface area contributed by atoms with Crippen LogP contribution < -0.4 is 0 Å². The van der Waals surface area contributed by atoms with Crippen LogP contribution in [0.15, 0.2) is 36.4 Å². The molecule has 0 saturated heterocycles. The van der Waals surface area contributed by atoms with Crippen molar-refractivity contribution in [3.63, 3.8) is 0 Å². The van der Waals surface area contributed by atoms with E-state index < -0.39 is 5.97 Å². The molecule has 0 aliphatic carbocycles. The summed E-state index contributed by atoms with van der Waals surface area (Å²) >= 11 is 0. The van der Waals surface area contributed by atoms with Crippen molar-refractivity contribution in [2.45, 2.75) is 27.2 Å². The molecule has 2 aromatic carbocycles. The van der Waals surface area contributed by atoms with Gasteiger partial charge >= 0.3 is 5.97 Å². The standard InChI is InChI=1S/C13H12O2.C2H6/c1-2-9-3-4-11-8-12(13(14)15)6-5-10(11)7-9;1-2/h3-8H,2H2,1H3,(H,14,15);1-2H3. The molecular weight excluding hydrogens is 212 g/mol. The highest BCUT2D eigenvalue weighted by Crippen LogP contribution is 2.18. The normalized spacial score (nSPS) is 9.59. The van der Waals surface area contributed by atoms with Crippen molar-refractivity contribution >= 4 is 16.7 Å². The Hall–Kier alpha value is -1.83. The van der Waals surface area contributed by atoms with Gasteiger partial charge in [-0.1, -0.05) is 45.0 Å². The van der Waals surface area contributed by atoms with Gasteiger partial charge in [0.1, 0.15) is 0 Å². The van der Waals surface area contributed by atoms with Gasteiger partial charge in [-0.2, -0.15) is 0 Å². The molecule has 0 unspecified atom stereocenters. The molecule has 0 radical (unpaired) electrons. The predicted octanol–water partition coefficient (Wildman–Crippen LogP) is 4.13. The Bertz CT molecular complexity index is 515. The Morgan fingerprint density at radius 3 is 2.24 bits per heavy atom. The molecule has 0 aliphatic heterocycles. The van der Waals surface area contributed by atoms with E-state index in [1.54, 1.807) is 12.1 Å². The van der Waals surface area contributed by atoms with Crippen LogP contribution in [0.2, 0.25) is 0 Å². The average Bonchev–Trinajstić information content (AvgIpc) is 2.39. The summed E-state index contributed by atoms with van der Waals surface area (Å²) in [6.45, 7) is 6.10. The molecule has 0 aliphatic rings. The zero-order valence-corrected chi connectivity index (χ0v) is 10.5. The van der Waals surface area contributed by atoms with Gasteiger partial charge < -0.3 is 5.11 Å². The van der Waals surface area contributed by atoms with E-state index in [4.69, 9.17) is 5.11 Å². The highest BCUT2D eigenvalue weighted by atomic mass is 16.4. The third kappa shape index (κ3) is 3.06. The maximum absolute atomic E-state index is 10.8. The first kappa shape index (κ1) is 13.2. The summed E-state index contributed by atoms with van der Waals surface area (Å²) in [7, 11) is 0. The van der Waals surface area contributed by atoms with E-state index in [2.05, 4.69) is 13.0 Å². The number of carboxylic acid groups (broad SMARTS) is 1. The summed E-state index contributed by atoms with van der Waals surface area (Å²) in [5.41, 5.74) is 1.61. The highest BCUT2D eigenvalue weighted by Gasteiger charge is 2.03. The minimum absolute atomic E-state index is 0.340. The SMILES string of the molecule is CC.CCc1ccc2cc(C(=O)O)ccc2c1. The second-order valence-corrected chi connectivity index (χ2v) is 3.55. The van der Waals surface area contributed by atoms with Gasteiger partial charge in [-0.25, -0.2) is 4.79 Å². The topological polar surface area (TPSA) is 37.3 Å². The number of hydrogen-bond donors (Lipinski definition) is 1. The zero-order valence-electron chi connectivity index (χ0n) is 10.5. The molecule has 2 rings (SSSR count). The molecule has 1 N–H and O–H groups in total. The predicted molar refractivity (Wildman–Crippen MR) is 71.6 cm³/mol. The number of carboxylic acids is 1. The quantitative estimate of drug-likeness (QED) is 0.842. The number of carbonyl (C=O) groups is 1. The van der Waals surface area contributed by atoms with Crippen LogP contribution in [0.25, 0.3) is 10.8 Å². The van der Waals surface area contributed by atoms with E-state index in [0.717, 1.165) is 17.2 Å². The van der Waals surface area contributed by atoms with Gasteiger partial charge in [-0.05, 0) is 34.9 Å². The molecule has 2 heteroatoms. The molecule has 0 spiro atoms. The zero-order chi connectivity index (χ0) is 12.8. The lowest BCUT2D eigenvalue weighted by Crippen LogP contribution is -1.95. The lowest BCUT2D eigenvalue weighted by molar-refractivity contribution is 0.0697. The van der Waals surface area contributed by atoms with E-state index in [-0.39, 0.29) is 0 Å². The van der Waals surface area contributed by atoms with Gasteiger partial charge in [0.05, 0.1) is 5.56 Å². The molecule has 0 saturated carbocycles. The van der Waals surface area contributed by atoms with Gasteiger partial charge in [0.2, 0.25) is 0 Å². The van der Waals surface area contributed by atoms with Gasteiger partial charge in [0.15, 0.2) is 0 Å². The first-order chi connectivity index (χ1) is 8.20. The summed E-state index contributed by atoms with van der Waals surface area (Å²) in [6, 6.07) is 11.3. The summed E-state index contributed by atoms with van der Waals surface area (Å²) in [5, 5.41) is 10.9. The summed E-state index contributed by atoms with van der Waals surface area (Å²) in [6.07, 6.45) is 0.997. The van der Waals surface area contributed by atoms with E-state index in [0.29, 0.717) is 5.56 Å². The second-order valence-electron chi connectivity index (χ2n) is 3.55. The van der Waals surface area contributed by atoms with Gasteiger partial charge in [0.25, 0.3) is 0 Å². The van der Waals surface area contributed by atoms with Crippen LogP contribution in [0.3, 0.4) is 0 Å². The lowest BCUT2D eigenvalue weighted by atomic mass is 10.0. The van der Waals surface area contributed by atoms with Crippen molar-refractivity contribution in [2.24, 2.45) is 0 Å². The minimum atomic E-state index is -0.878. The van der Waals surface area contributed by atoms with E-state index in [1.807, 2.05) is 32.0 Å². The van der Waals surface area contributed by atoms with Crippen LogP contribution in [-0.4, -0.2) is 11.1 Å². The second kappa shape index (κ2) is 6.04. The number of hydrogen-bond acceptors (Lipinski definition) is 1. The number of fused-ring (bicyclic) bond motifs is 1. The number of benzene rings is 2. The fourth-order valence-electron chi connectivity index (χ4n) is 1.65. The van der Waals surface area contributed by atoms with Crippen LogP contribution in [0.1, 0.15) is 36.7 Å². The largest absolute Gasteiger partial charge is 0.478 e. The Morgan fingerprint density at radius 1 is 1.06 bits per heavy atom. The molecule has 2 aromatic rings. The first-order valence-corrected chi connectivity index (χ1v) is 5.96. The summed E-state index contributed by atoms with van der Waals surface area (Å²) in [5.74, 6) is -0.878. The molecule has 0 aromatic heterocycles. The third-order valence-corrected chi connectivity index (χ3v) is 2.56. The molecule has 0 heterocycles. The van der Waals surface area contributed by atoms with Gasteiger partial charge in [0, 0.05) is 0 Å². The van der Waals surface area contributed by atoms with E-state index in [9.17, 15) is 4.79 Å².